The van der Waals surface area contributed by atoms with Gasteiger partial charge in [-0.15, -0.1) is 0 Å². The Morgan fingerprint density at radius 1 is 1.32 bits per heavy atom. The summed E-state index contributed by atoms with van der Waals surface area (Å²) in [7, 11) is 3.47. The Hall–Kier alpha value is -2.22. The van der Waals surface area contributed by atoms with E-state index >= 15 is 0 Å². The molecule has 0 amide bonds. The first-order valence-corrected chi connectivity index (χ1v) is 8.52. The summed E-state index contributed by atoms with van der Waals surface area (Å²) in [5.41, 5.74) is 7.96. The number of nitrogens with zero attached hydrogens (tertiary/aromatic N) is 4. The number of nitrogen functional groups attached to an aromatic ring is 1. The highest BCUT2D eigenvalue weighted by atomic mass is 16.7. The highest BCUT2D eigenvalue weighted by molar-refractivity contribution is 6.06. The van der Waals surface area contributed by atoms with E-state index in [1.54, 1.807) is 12.2 Å². The molecule has 2 heterocycles. The van der Waals surface area contributed by atoms with Crippen LogP contribution in [0.2, 0.25) is 0 Å². The van der Waals surface area contributed by atoms with E-state index in [-0.39, 0.29) is 0 Å². The number of rotatable bonds is 5. The first-order valence-electron chi connectivity index (χ1n) is 8.52. The summed E-state index contributed by atoms with van der Waals surface area (Å²) < 4.78 is 2.09. The Balaban J connectivity index is 1.96. The van der Waals surface area contributed by atoms with E-state index in [1.165, 1.54) is 0 Å². The minimum Gasteiger partial charge on any atom is -0.388 e. The van der Waals surface area contributed by atoms with Gasteiger partial charge in [-0.3, -0.25) is 0 Å². The van der Waals surface area contributed by atoms with Gasteiger partial charge in [-0.05, 0) is 25.3 Å². The summed E-state index contributed by atoms with van der Waals surface area (Å²) in [4.78, 5) is 14.5. The molecule has 25 heavy (non-hydrogen) atoms. The number of aromatic nitrogens is 3. The number of hydroxylamine groups is 2. The molecule has 0 saturated heterocycles. The van der Waals surface area contributed by atoms with E-state index in [1.807, 2.05) is 31.3 Å². The molecule has 1 aromatic carbocycles. The van der Waals surface area contributed by atoms with Crippen molar-refractivity contribution in [3.05, 3.63) is 30.1 Å². The van der Waals surface area contributed by atoms with Gasteiger partial charge in [-0.25, -0.2) is 9.97 Å². The third-order valence-electron chi connectivity index (χ3n) is 5.10. The Kier molecular flexibility index (Phi) is 3.87. The van der Waals surface area contributed by atoms with E-state index in [4.69, 9.17) is 15.6 Å². The molecule has 3 N–H and O–H groups in total. The number of benzene rings is 1. The van der Waals surface area contributed by atoms with E-state index in [9.17, 15) is 5.11 Å². The van der Waals surface area contributed by atoms with Gasteiger partial charge < -0.3 is 20.2 Å². The first kappa shape index (κ1) is 16.3. The van der Waals surface area contributed by atoms with E-state index < -0.39 is 5.60 Å². The van der Waals surface area contributed by atoms with E-state index in [2.05, 4.69) is 9.55 Å². The van der Waals surface area contributed by atoms with Gasteiger partial charge >= 0.3 is 0 Å². The fourth-order valence-corrected chi connectivity index (χ4v) is 3.50. The van der Waals surface area contributed by atoms with Crippen LogP contribution in [0.4, 0.5) is 5.82 Å². The number of aliphatic hydroxyl groups is 1. The smallest absolute Gasteiger partial charge is 0.152 e. The van der Waals surface area contributed by atoms with Crippen LogP contribution >= 0.6 is 0 Å². The van der Waals surface area contributed by atoms with Gasteiger partial charge in [0.05, 0.1) is 36.8 Å². The molecule has 0 unspecified atom stereocenters. The molecule has 0 atom stereocenters. The van der Waals surface area contributed by atoms with Crippen LogP contribution in [0.15, 0.2) is 24.3 Å². The number of hydrogen-bond donors (Lipinski definition) is 2. The lowest BCUT2D eigenvalue weighted by Gasteiger charge is -2.37. The topological polar surface area (TPSA) is 89.4 Å². The molecule has 4 rings (SSSR count). The summed E-state index contributed by atoms with van der Waals surface area (Å²) in [6.07, 6.45) is 2.68. The normalized spacial score (nSPS) is 16.6. The molecule has 2 aromatic heterocycles. The van der Waals surface area contributed by atoms with Crippen LogP contribution in [0.1, 0.15) is 25.1 Å². The zero-order valence-electron chi connectivity index (χ0n) is 14.6. The molecule has 132 valence electrons. The van der Waals surface area contributed by atoms with Gasteiger partial charge in [0.25, 0.3) is 0 Å². The second-order valence-electron chi connectivity index (χ2n) is 6.87. The Morgan fingerprint density at radius 3 is 2.76 bits per heavy atom. The molecule has 0 spiro atoms. The zero-order chi connectivity index (χ0) is 17.6. The molecule has 1 saturated carbocycles. The number of hydrogen-bond acceptors (Lipinski definition) is 6. The predicted molar refractivity (Wildman–Crippen MR) is 96.7 cm³/mol. The lowest BCUT2D eigenvalue weighted by atomic mass is 9.80. The summed E-state index contributed by atoms with van der Waals surface area (Å²) >= 11 is 0. The predicted octanol–water partition coefficient (Wildman–Crippen LogP) is 2.07. The lowest BCUT2D eigenvalue weighted by Crippen LogP contribution is -2.41. The maximum Gasteiger partial charge on any atom is 0.152 e. The lowest BCUT2D eigenvalue weighted by molar-refractivity contribution is -0.119. The molecule has 7 heteroatoms. The van der Waals surface area contributed by atoms with Gasteiger partial charge in [0, 0.05) is 12.4 Å². The molecule has 0 bridgehead atoms. The van der Waals surface area contributed by atoms with E-state index in [0.717, 1.165) is 41.5 Å². The van der Waals surface area contributed by atoms with Crippen molar-refractivity contribution in [3.63, 3.8) is 0 Å². The van der Waals surface area contributed by atoms with Crippen molar-refractivity contribution in [1.29, 1.82) is 0 Å². The highest BCUT2D eigenvalue weighted by Gasteiger charge is 2.36. The Morgan fingerprint density at radius 2 is 2.08 bits per heavy atom. The molecule has 1 aliphatic carbocycles. The first-order chi connectivity index (χ1) is 12.0. The molecular weight excluding hydrogens is 318 g/mol. The van der Waals surface area contributed by atoms with Crippen LogP contribution < -0.4 is 5.73 Å². The van der Waals surface area contributed by atoms with Crippen molar-refractivity contribution >= 4 is 27.8 Å². The maximum atomic E-state index is 10.8. The molecule has 1 aliphatic rings. The van der Waals surface area contributed by atoms with Crippen molar-refractivity contribution in [1.82, 2.24) is 19.6 Å². The van der Waals surface area contributed by atoms with E-state index in [0.29, 0.717) is 24.4 Å². The molecule has 3 aromatic rings. The van der Waals surface area contributed by atoms with Crippen molar-refractivity contribution in [3.8, 4) is 0 Å². The third-order valence-corrected chi connectivity index (χ3v) is 5.10. The number of nitrogens with two attached hydrogens (primary N) is 1. The van der Waals surface area contributed by atoms with Gasteiger partial charge in [-0.1, -0.05) is 18.2 Å². The van der Waals surface area contributed by atoms with Crippen LogP contribution in [-0.2, 0) is 17.9 Å². The fraction of sp³-hybridized carbons (Fsp3) is 0.444. The van der Waals surface area contributed by atoms with Crippen LogP contribution in [-0.4, -0.2) is 44.5 Å². The van der Waals surface area contributed by atoms with Gasteiger partial charge in [-0.2, -0.15) is 5.06 Å². The van der Waals surface area contributed by atoms with Gasteiger partial charge in [0.1, 0.15) is 11.3 Å². The summed E-state index contributed by atoms with van der Waals surface area (Å²) in [5.74, 6) is 1.22. The SMILES string of the molecule is CON(C)Cc1nc2c(N)nc3ccccc3c2n1CC1(O)CCC1. The zero-order valence-corrected chi connectivity index (χ0v) is 14.6. The van der Waals surface area contributed by atoms with Gasteiger partial charge in [0.15, 0.2) is 5.82 Å². The second-order valence-corrected chi connectivity index (χ2v) is 6.87. The van der Waals surface area contributed by atoms with Crippen molar-refractivity contribution in [2.75, 3.05) is 19.9 Å². The average Bonchev–Trinajstić information content (AvgIpc) is 2.92. The summed E-state index contributed by atoms with van der Waals surface area (Å²) in [6, 6.07) is 7.90. The fourth-order valence-electron chi connectivity index (χ4n) is 3.50. The van der Waals surface area contributed by atoms with Crippen LogP contribution in [0.25, 0.3) is 21.9 Å². The summed E-state index contributed by atoms with van der Waals surface area (Å²) in [6.45, 7) is 0.999. The maximum absolute atomic E-state index is 10.8. The van der Waals surface area contributed by atoms with Crippen LogP contribution in [0, 0.1) is 0 Å². The molecule has 1 fully saturated rings. The monoisotopic (exact) mass is 341 g/mol. The second kappa shape index (κ2) is 5.94. The van der Waals surface area contributed by atoms with Crippen LogP contribution in [0.3, 0.4) is 0 Å². The van der Waals surface area contributed by atoms with Crippen molar-refractivity contribution in [2.45, 2.75) is 38.0 Å². The summed E-state index contributed by atoms with van der Waals surface area (Å²) in [5, 5.41) is 13.5. The molecule has 7 nitrogen and oxygen atoms in total. The average molecular weight is 341 g/mol. The number of anilines is 1. The molecular formula is C18H23N5O2. The number of fused-ring (bicyclic) bond motifs is 3. The minimum absolute atomic E-state index is 0.411. The standard InChI is InChI=1S/C18H23N5O2/c1-22(25-2)10-14-21-15-16(23(14)11-18(24)8-5-9-18)12-6-3-4-7-13(12)20-17(15)19/h3-4,6-7,24H,5,8-11H2,1-2H3,(H2,19,20). The van der Waals surface area contributed by atoms with Crippen LogP contribution in [0.5, 0.6) is 0 Å². The Bertz CT molecular complexity index is 932. The highest BCUT2D eigenvalue weighted by Crippen LogP contribution is 2.36. The third kappa shape index (κ3) is 2.74. The molecule has 0 aliphatic heterocycles. The van der Waals surface area contributed by atoms with Crippen molar-refractivity contribution in [2.24, 2.45) is 0 Å². The molecule has 0 radical (unpaired) electrons. The number of para-hydroxylation sites is 1. The number of imidazole rings is 1. The largest absolute Gasteiger partial charge is 0.388 e. The minimum atomic E-state index is -0.673. The quantitative estimate of drug-likeness (QED) is 0.691. The van der Waals surface area contributed by atoms with Crippen molar-refractivity contribution < 1.29 is 9.94 Å². The Labute approximate surface area is 146 Å². The number of pyridine rings is 1. The van der Waals surface area contributed by atoms with Gasteiger partial charge in [0.2, 0.25) is 0 Å².